The SMILES string of the molecule is C[C@@]12C[C@@]13C[C@@H]([C@@]1(CCn4cc(-c5cccc(Cl)c5)nn4)C(=O)Nc4ccccc41)N(C#N)C[C@@H]3CC[C@@H]2O. The number of likely N-dealkylation sites (tertiary alicyclic amines) is 1. The summed E-state index contributed by atoms with van der Waals surface area (Å²) >= 11 is 6.18. The quantitative estimate of drug-likeness (QED) is 0.456. The highest BCUT2D eigenvalue weighted by molar-refractivity contribution is 6.30. The van der Waals surface area contributed by atoms with Crippen LogP contribution in [-0.4, -0.2) is 49.6 Å². The average molecular weight is 543 g/mol. The van der Waals surface area contributed by atoms with E-state index in [1.54, 1.807) is 4.68 Å². The summed E-state index contributed by atoms with van der Waals surface area (Å²) in [7, 11) is 0. The Kier molecular flexibility index (Phi) is 5.39. The molecule has 1 aromatic heterocycles. The smallest absolute Gasteiger partial charge is 0.237 e. The number of anilines is 1. The Morgan fingerprint density at radius 1 is 1.23 bits per heavy atom. The molecule has 2 aliphatic heterocycles. The van der Waals surface area contributed by atoms with Crippen molar-refractivity contribution in [3.63, 3.8) is 0 Å². The first-order valence-corrected chi connectivity index (χ1v) is 14.1. The number of carbonyl (C=O) groups excluding carboxylic acids is 1. The van der Waals surface area contributed by atoms with Crippen LogP contribution in [0, 0.1) is 28.2 Å². The van der Waals surface area contributed by atoms with Crippen molar-refractivity contribution in [3.8, 4) is 17.5 Å². The number of halogens is 1. The number of aliphatic hydroxyl groups excluding tert-OH is 1. The van der Waals surface area contributed by atoms with Crippen LogP contribution in [0.15, 0.2) is 54.7 Å². The van der Waals surface area contributed by atoms with Gasteiger partial charge >= 0.3 is 0 Å². The summed E-state index contributed by atoms with van der Waals surface area (Å²) in [6.45, 7) is 3.29. The molecule has 200 valence electrons. The van der Waals surface area contributed by atoms with Crippen molar-refractivity contribution in [1.29, 1.82) is 5.26 Å². The molecule has 0 unspecified atom stereocenters. The Hall–Kier alpha value is -3.41. The number of aliphatic hydroxyl groups is 1. The first-order valence-electron chi connectivity index (χ1n) is 13.7. The number of fused-ring (bicyclic) bond motifs is 1. The number of rotatable bonds is 5. The summed E-state index contributed by atoms with van der Waals surface area (Å²) in [6, 6.07) is 15.0. The summed E-state index contributed by atoms with van der Waals surface area (Å²) in [5.74, 6) is 0.284. The molecule has 1 saturated heterocycles. The molecule has 2 aliphatic carbocycles. The van der Waals surface area contributed by atoms with Gasteiger partial charge in [0.1, 0.15) is 5.69 Å². The second-order valence-electron chi connectivity index (χ2n) is 12.1. The Morgan fingerprint density at radius 2 is 2.08 bits per heavy atom. The number of benzene rings is 2. The molecule has 9 heteroatoms. The van der Waals surface area contributed by atoms with E-state index < -0.39 is 5.41 Å². The predicted octanol–water partition coefficient (Wildman–Crippen LogP) is 4.60. The Bertz CT molecular complexity index is 1520. The van der Waals surface area contributed by atoms with E-state index >= 15 is 0 Å². The maximum Gasteiger partial charge on any atom is 0.237 e. The fourth-order valence-electron chi connectivity index (χ4n) is 8.30. The van der Waals surface area contributed by atoms with Crippen LogP contribution >= 0.6 is 11.6 Å². The van der Waals surface area contributed by atoms with Crippen molar-refractivity contribution in [2.75, 3.05) is 11.9 Å². The minimum Gasteiger partial charge on any atom is -0.393 e. The molecule has 3 fully saturated rings. The van der Waals surface area contributed by atoms with Gasteiger partial charge in [0.05, 0.1) is 23.8 Å². The van der Waals surface area contributed by atoms with Crippen molar-refractivity contribution in [2.24, 2.45) is 16.7 Å². The van der Waals surface area contributed by atoms with Gasteiger partial charge in [-0.2, -0.15) is 5.26 Å². The number of para-hydroxylation sites is 1. The van der Waals surface area contributed by atoms with E-state index in [0.29, 0.717) is 42.6 Å². The fourth-order valence-corrected chi connectivity index (χ4v) is 8.49. The number of nitriles is 1. The van der Waals surface area contributed by atoms with Crippen LogP contribution in [0.4, 0.5) is 5.69 Å². The zero-order valence-electron chi connectivity index (χ0n) is 21.8. The minimum absolute atomic E-state index is 0.0412. The zero-order chi connectivity index (χ0) is 27.0. The lowest BCUT2D eigenvalue weighted by Crippen LogP contribution is -2.60. The van der Waals surface area contributed by atoms with Crippen LogP contribution in [0.5, 0.6) is 0 Å². The lowest BCUT2D eigenvalue weighted by atomic mass is 9.60. The third-order valence-corrected chi connectivity index (χ3v) is 10.7. The summed E-state index contributed by atoms with van der Waals surface area (Å²) < 4.78 is 1.78. The molecule has 39 heavy (non-hydrogen) atoms. The maximum atomic E-state index is 14.1. The van der Waals surface area contributed by atoms with Crippen LogP contribution in [0.3, 0.4) is 0 Å². The molecule has 4 aliphatic rings. The number of aromatic nitrogens is 3. The minimum atomic E-state index is -0.930. The standard InChI is InChI=1S/C30H31ClN6O2/c1-28-17-29(28)14-25(36(18-32)15-20(29)9-10-26(28)38)30(22-7-2-3-8-23(22)33-27(30)39)11-12-37-16-24(34-35-37)19-5-4-6-21(31)13-19/h2-8,13,16,20,25-26,38H,9-12,14-15,17H2,1H3,(H,33,39)/t20-,25-,26-,28-,29+,30-/m0/s1. The lowest BCUT2D eigenvalue weighted by Gasteiger charge is -2.52. The van der Waals surface area contributed by atoms with Gasteiger partial charge in [0.2, 0.25) is 5.91 Å². The van der Waals surface area contributed by atoms with E-state index in [9.17, 15) is 15.2 Å². The van der Waals surface area contributed by atoms with E-state index in [1.807, 2.05) is 59.6 Å². The van der Waals surface area contributed by atoms with E-state index in [-0.39, 0.29) is 28.9 Å². The monoisotopic (exact) mass is 542 g/mol. The summed E-state index contributed by atoms with van der Waals surface area (Å²) in [6.07, 6.45) is 7.86. The molecule has 6 atom stereocenters. The largest absolute Gasteiger partial charge is 0.393 e. The number of nitrogens with one attached hydrogen (secondary N) is 1. The zero-order valence-corrected chi connectivity index (χ0v) is 22.6. The fraction of sp³-hybridized carbons (Fsp3) is 0.467. The van der Waals surface area contributed by atoms with E-state index in [2.05, 4.69) is 28.7 Å². The number of piperidine rings is 1. The van der Waals surface area contributed by atoms with Crippen molar-refractivity contribution >= 4 is 23.2 Å². The number of carbonyl (C=O) groups is 1. The molecule has 2 aromatic carbocycles. The highest BCUT2D eigenvalue weighted by Crippen LogP contribution is 2.77. The molecule has 1 amide bonds. The van der Waals surface area contributed by atoms with Crippen LogP contribution in [0.25, 0.3) is 11.3 Å². The molecular formula is C30H31ClN6O2. The van der Waals surface area contributed by atoms with Crippen LogP contribution in [0.2, 0.25) is 5.02 Å². The normalized spacial score (nSPS) is 34.5. The Balaban J connectivity index is 1.26. The first kappa shape index (κ1) is 24.6. The maximum absolute atomic E-state index is 14.1. The second-order valence-corrected chi connectivity index (χ2v) is 12.5. The first-order chi connectivity index (χ1) is 18.8. The molecular weight excluding hydrogens is 512 g/mol. The molecule has 2 saturated carbocycles. The van der Waals surface area contributed by atoms with E-state index in [4.69, 9.17) is 11.6 Å². The number of hydrogen-bond donors (Lipinski definition) is 2. The summed E-state index contributed by atoms with van der Waals surface area (Å²) in [5, 5.41) is 33.8. The molecule has 7 rings (SSSR count). The highest BCUT2D eigenvalue weighted by atomic mass is 35.5. The van der Waals surface area contributed by atoms with Gasteiger partial charge in [-0.15, -0.1) is 5.10 Å². The van der Waals surface area contributed by atoms with E-state index in [1.165, 1.54) is 0 Å². The number of aryl methyl sites for hydroxylation is 1. The predicted molar refractivity (Wildman–Crippen MR) is 146 cm³/mol. The molecule has 0 radical (unpaired) electrons. The van der Waals surface area contributed by atoms with Gasteiger partial charge in [-0.25, -0.2) is 0 Å². The summed E-state index contributed by atoms with van der Waals surface area (Å²) in [4.78, 5) is 15.9. The molecule has 1 spiro atoms. The topological polar surface area (TPSA) is 107 Å². The number of hydrogen-bond acceptors (Lipinski definition) is 6. The van der Waals surface area contributed by atoms with Crippen molar-refractivity contribution in [3.05, 3.63) is 65.3 Å². The van der Waals surface area contributed by atoms with E-state index in [0.717, 1.165) is 36.1 Å². The third kappa shape index (κ3) is 3.42. The Labute approximate surface area is 232 Å². The highest BCUT2D eigenvalue weighted by Gasteiger charge is 2.75. The average Bonchev–Trinajstić information content (AvgIpc) is 3.22. The summed E-state index contributed by atoms with van der Waals surface area (Å²) in [5.41, 5.74) is 2.21. The molecule has 3 aromatic rings. The van der Waals surface area contributed by atoms with Crippen LogP contribution in [0.1, 0.15) is 44.6 Å². The molecule has 3 heterocycles. The van der Waals surface area contributed by atoms with Crippen molar-refractivity contribution < 1.29 is 9.90 Å². The second kappa shape index (κ2) is 8.54. The molecule has 0 bridgehead atoms. The van der Waals surface area contributed by atoms with Gasteiger partial charge in [-0.3, -0.25) is 9.48 Å². The third-order valence-electron chi connectivity index (χ3n) is 10.5. The van der Waals surface area contributed by atoms with Crippen molar-refractivity contribution in [2.45, 2.75) is 63.1 Å². The van der Waals surface area contributed by atoms with Gasteiger partial charge in [-0.1, -0.05) is 54.1 Å². The van der Waals surface area contributed by atoms with Crippen LogP contribution < -0.4 is 5.32 Å². The Morgan fingerprint density at radius 3 is 2.90 bits per heavy atom. The van der Waals surface area contributed by atoms with Gasteiger partial charge in [-0.05, 0) is 67.2 Å². The molecule has 8 nitrogen and oxygen atoms in total. The number of amides is 1. The lowest BCUT2D eigenvalue weighted by molar-refractivity contribution is -0.126. The van der Waals surface area contributed by atoms with Crippen LogP contribution in [-0.2, 0) is 16.8 Å². The van der Waals surface area contributed by atoms with Gasteiger partial charge < -0.3 is 15.3 Å². The van der Waals surface area contributed by atoms with Crippen molar-refractivity contribution in [1.82, 2.24) is 19.9 Å². The number of nitrogens with zero attached hydrogens (tertiary/aromatic N) is 5. The van der Waals surface area contributed by atoms with Gasteiger partial charge in [0, 0.05) is 34.8 Å². The molecule has 2 N–H and O–H groups in total. The van der Waals surface area contributed by atoms with Gasteiger partial charge in [0.15, 0.2) is 6.19 Å². The van der Waals surface area contributed by atoms with Gasteiger partial charge in [0.25, 0.3) is 0 Å².